The highest BCUT2D eigenvalue weighted by atomic mass is 16.2. The fourth-order valence-electron chi connectivity index (χ4n) is 3.56. The molecule has 0 aromatic heterocycles. The zero-order valence-corrected chi connectivity index (χ0v) is 13.6. The first-order chi connectivity index (χ1) is 11.8. The number of nitrogens with zero attached hydrogens (tertiary/aromatic N) is 1. The number of carbonyl (C=O) groups excluding carboxylic acids is 1. The quantitative estimate of drug-likeness (QED) is 0.671. The lowest BCUT2D eigenvalue weighted by molar-refractivity contribution is -0.119. The van der Waals surface area contributed by atoms with Crippen LogP contribution in [0.15, 0.2) is 84.9 Å². The van der Waals surface area contributed by atoms with Gasteiger partial charge in [-0.2, -0.15) is 0 Å². The first-order valence-corrected chi connectivity index (χ1v) is 8.29. The maximum Gasteiger partial charge on any atom is 0.235 e. The van der Waals surface area contributed by atoms with Crippen molar-refractivity contribution in [1.29, 1.82) is 0 Å². The molecule has 1 amide bonds. The standard InChI is InChI=1S/C22H19NO/c1-16-19-14-8-9-15-20(19)23(22(16)24)21(17-10-4-2-5-11-17)18-12-6-3-7-13-18/h2-16,21H,1H3. The molecule has 1 aliphatic rings. The Bertz CT molecular complexity index is 818. The summed E-state index contributed by atoms with van der Waals surface area (Å²) in [4.78, 5) is 15.0. The molecule has 0 spiro atoms. The summed E-state index contributed by atoms with van der Waals surface area (Å²) < 4.78 is 0. The third-order valence-electron chi connectivity index (χ3n) is 4.76. The summed E-state index contributed by atoms with van der Waals surface area (Å²) in [5.74, 6) is 0.0602. The van der Waals surface area contributed by atoms with Crippen LogP contribution in [0, 0.1) is 0 Å². The van der Waals surface area contributed by atoms with Gasteiger partial charge in [0.15, 0.2) is 0 Å². The van der Waals surface area contributed by atoms with Crippen molar-refractivity contribution < 1.29 is 4.79 Å². The Balaban J connectivity index is 1.90. The maximum atomic E-state index is 13.1. The van der Waals surface area contributed by atoms with Gasteiger partial charge in [0.25, 0.3) is 0 Å². The number of benzene rings is 3. The lowest BCUT2D eigenvalue weighted by Gasteiger charge is -2.30. The molecule has 0 saturated carbocycles. The maximum absolute atomic E-state index is 13.1. The molecule has 1 aliphatic heterocycles. The van der Waals surface area contributed by atoms with Crippen molar-refractivity contribution in [1.82, 2.24) is 0 Å². The smallest absolute Gasteiger partial charge is 0.235 e. The SMILES string of the molecule is CC1C(=O)N(C(c2ccccc2)c2ccccc2)c2ccccc21. The largest absolute Gasteiger partial charge is 0.300 e. The molecule has 0 aliphatic carbocycles. The van der Waals surface area contributed by atoms with E-state index in [1.54, 1.807) is 0 Å². The van der Waals surface area contributed by atoms with Crippen LogP contribution in [0.1, 0.15) is 35.6 Å². The Morgan fingerprint density at radius 3 is 1.83 bits per heavy atom. The number of carbonyl (C=O) groups is 1. The van der Waals surface area contributed by atoms with Gasteiger partial charge in [-0.25, -0.2) is 0 Å². The van der Waals surface area contributed by atoms with E-state index in [2.05, 4.69) is 36.4 Å². The summed E-state index contributed by atoms with van der Waals surface area (Å²) in [6.07, 6.45) is 0. The monoisotopic (exact) mass is 313 g/mol. The number of amides is 1. The van der Waals surface area contributed by atoms with Crippen molar-refractivity contribution in [2.45, 2.75) is 18.9 Å². The summed E-state index contributed by atoms with van der Waals surface area (Å²) >= 11 is 0. The number of hydrogen-bond acceptors (Lipinski definition) is 1. The van der Waals surface area contributed by atoms with E-state index in [4.69, 9.17) is 0 Å². The molecule has 2 nitrogen and oxygen atoms in total. The molecule has 0 N–H and O–H groups in total. The normalized spacial score (nSPS) is 16.5. The average molecular weight is 313 g/mol. The van der Waals surface area contributed by atoms with Gasteiger partial charge in [0, 0.05) is 5.69 Å². The minimum Gasteiger partial charge on any atom is -0.300 e. The molecule has 1 heterocycles. The highest BCUT2D eigenvalue weighted by Gasteiger charge is 2.39. The van der Waals surface area contributed by atoms with E-state index in [9.17, 15) is 4.79 Å². The van der Waals surface area contributed by atoms with Crippen molar-refractivity contribution in [2.24, 2.45) is 0 Å². The predicted molar refractivity (Wildman–Crippen MR) is 97.1 cm³/mol. The van der Waals surface area contributed by atoms with E-state index < -0.39 is 0 Å². The Morgan fingerprint density at radius 2 is 1.25 bits per heavy atom. The second-order valence-corrected chi connectivity index (χ2v) is 6.21. The highest BCUT2D eigenvalue weighted by molar-refractivity contribution is 6.05. The van der Waals surface area contributed by atoms with Crippen LogP contribution in [0.5, 0.6) is 0 Å². The molecule has 3 aromatic rings. The number of anilines is 1. The van der Waals surface area contributed by atoms with Crippen molar-refractivity contribution in [2.75, 3.05) is 4.90 Å². The van der Waals surface area contributed by atoms with E-state index in [0.717, 1.165) is 22.4 Å². The van der Waals surface area contributed by atoms with Gasteiger partial charge < -0.3 is 0 Å². The van der Waals surface area contributed by atoms with Crippen molar-refractivity contribution in [3.63, 3.8) is 0 Å². The van der Waals surface area contributed by atoms with Gasteiger partial charge in [0.05, 0.1) is 12.0 Å². The van der Waals surface area contributed by atoms with Gasteiger partial charge in [-0.3, -0.25) is 9.69 Å². The van der Waals surface area contributed by atoms with Crippen LogP contribution >= 0.6 is 0 Å². The van der Waals surface area contributed by atoms with Gasteiger partial charge in [-0.1, -0.05) is 78.9 Å². The van der Waals surface area contributed by atoms with Crippen LogP contribution < -0.4 is 4.90 Å². The molecule has 24 heavy (non-hydrogen) atoms. The van der Waals surface area contributed by atoms with Crippen molar-refractivity contribution >= 4 is 11.6 Å². The topological polar surface area (TPSA) is 20.3 Å². The summed E-state index contributed by atoms with van der Waals surface area (Å²) in [5, 5.41) is 0. The first kappa shape index (κ1) is 14.7. The summed E-state index contributed by atoms with van der Waals surface area (Å²) in [6, 6.07) is 28.5. The predicted octanol–water partition coefficient (Wildman–Crippen LogP) is 4.93. The molecule has 4 rings (SSSR count). The van der Waals surface area contributed by atoms with Crippen molar-refractivity contribution in [3.05, 3.63) is 102 Å². The summed E-state index contributed by atoms with van der Waals surface area (Å²) in [7, 11) is 0. The molecule has 2 heteroatoms. The zero-order valence-electron chi connectivity index (χ0n) is 13.6. The number of para-hydroxylation sites is 1. The van der Waals surface area contributed by atoms with Gasteiger partial charge in [-0.15, -0.1) is 0 Å². The van der Waals surface area contributed by atoms with Gasteiger partial charge in [-0.05, 0) is 29.7 Å². The van der Waals surface area contributed by atoms with Crippen molar-refractivity contribution in [3.8, 4) is 0 Å². The molecular weight excluding hydrogens is 294 g/mol. The van der Waals surface area contributed by atoms with Gasteiger partial charge in [0.2, 0.25) is 5.91 Å². The van der Waals surface area contributed by atoms with Gasteiger partial charge >= 0.3 is 0 Å². The average Bonchev–Trinajstić information content (AvgIpc) is 2.90. The zero-order chi connectivity index (χ0) is 16.5. The Hall–Kier alpha value is -2.87. The fourth-order valence-corrected chi connectivity index (χ4v) is 3.56. The highest BCUT2D eigenvalue weighted by Crippen LogP contribution is 2.43. The van der Waals surface area contributed by atoms with Gasteiger partial charge in [0.1, 0.15) is 0 Å². The third-order valence-corrected chi connectivity index (χ3v) is 4.76. The summed E-state index contributed by atoms with van der Waals surface area (Å²) in [6.45, 7) is 1.99. The van der Waals surface area contributed by atoms with E-state index in [-0.39, 0.29) is 17.9 Å². The number of rotatable bonds is 3. The molecule has 0 radical (unpaired) electrons. The molecule has 0 saturated heterocycles. The molecule has 1 unspecified atom stereocenters. The number of fused-ring (bicyclic) bond motifs is 1. The van der Waals surface area contributed by atoms with Crippen LogP contribution in [0.4, 0.5) is 5.69 Å². The molecule has 0 bridgehead atoms. The third kappa shape index (κ3) is 2.31. The summed E-state index contributed by atoms with van der Waals surface area (Å²) in [5.41, 5.74) is 4.38. The lowest BCUT2D eigenvalue weighted by atomic mass is 9.97. The molecule has 118 valence electrons. The second-order valence-electron chi connectivity index (χ2n) is 6.21. The molecule has 0 fully saturated rings. The number of hydrogen-bond donors (Lipinski definition) is 0. The van der Waals surface area contributed by atoms with E-state index in [0.29, 0.717) is 0 Å². The Labute approximate surface area is 142 Å². The minimum absolute atomic E-state index is 0.101. The fraction of sp³-hybridized carbons (Fsp3) is 0.136. The van der Waals surface area contributed by atoms with Crippen LogP contribution in [-0.2, 0) is 4.79 Å². The molecule has 1 atom stereocenters. The molecular formula is C22H19NO. The lowest BCUT2D eigenvalue weighted by Crippen LogP contribution is -2.33. The van der Waals surface area contributed by atoms with Crippen LogP contribution in [0.2, 0.25) is 0 Å². The van der Waals surface area contributed by atoms with E-state index in [1.807, 2.05) is 60.4 Å². The second kappa shape index (κ2) is 5.97. The Morgan fingerprint density at radius 1 is 0.750 bits per heavy atom. The van der Waals surface area contributed by atoms with Crippen LogP contribution in [-0.4, -0.2) is 5.91 Å². The minimum atomic E-state index is -0.106. The first-order valence-electron chi connectivity index (χ1n) is 8.29. The van der Waals surface area contributed by atoms with Crippen LogP contribution in [0.3, 0.4) is 0 Å². The molecule has 3 aromatic carbocycles. The Kier molecular flexibility index (Phi) is 3.66. The van der Waals surface area contributed by atoms with E-state index in [1.165, 1.54) is 0 Å². The van der Waals surface area contributed by atoms with Crippen LogP contribution in [0.25, 0.3) is 0 Å². The van der Waals surface area contributed by atoms with E-state index >= 15 is 0 Å².